The van der Waals surface area contributed by atoms with Gasteiger partial charge in [-0.15, -0.1) is 12.4 Å². The Morgan fingerprint density at radius 1 is 1.11 bits per heavy atom. The molecule has 2 aromatic heterocycles. The first-order chi connectivity index (χ1) is 16.4. The number of hydrogen-bond acceptors (Lipinski definition) is 7. The minimum absolute atomic E-state index is 0. The molecule has 0 spiro atoms. The summed E-state index contributed by atoms with van der Waals surface area (Å²) in [5.41, 5.74) is 4.04. The van der Waals surface area contributed by atoms with Crippen molar-refractivity contribution < 1.29 is 8.42 Å². The average Bonchev–Trinajstić information content (AvgIpc) is 3.31. The number of halogens is 1. The van der Waals surface area contributed by atoms with Crippen molar-refractivity contribution in [1.82, 2.24) is 24.0 Å². The summed E-state index contributed by atoms with van der Waals surface area (Å²) in [5.74, 6) is 0. The lowest BCUT2D eigenvalue weighted by atomic mass is 10.0. The first-order valence-electron chi connectivity index (χ1n) is 11.2. The summed E-state index contributed by atoms with van der Waals surface area (Å²) in [6.07, 6.45) is 5.10. The largest absolute Gasteiger partial charge is 0.367 e. The lowest BCUT2D eigenvalue weighted by Crippen LogP contribution is -2.48. The summed E-state index contributed by atoms with van der Waals surface area (Å²) in [4.78, 5) is 9.47. The van der Waals surface area contributed by atoms with Gasteiger partial charge in [0.15, 0.2) is 0 Å². The minimum atomic E-state index is -3.53. The molecule has 3 heterocycles. The van der Waals surface area contributed by atoms with Crippen LogP contribution < -0.4 is 4.90 Å². The monoisotopic (exact) mass is 515 g/mol. The smallest absolute Gasteiger partial charge is 0.245 e. The predicted octanol–water partition coefficient (Wildman–Crippen LogP) is 2.41. The molecule has 0 atom stereocenters. The molecule has 1 fully saturated rings. The minimum Gasteiger partial charge on any atom is -0.367 e. The van der Waals surface area contributed by atoms with Gasteiger partial charge >= 0.3 is 0 Å². The summed E-state index contributed by atoms with van der Waals surface area (Å²) in [7, 11) is -0.211. The maximum Gasteiger partial charge on any atom is 0.245 e. The zero-order valence-corrected chi connectivity index (χ0v) is 21.5. The summed E-state index contributed by atoms with van der Waals surface area (Å²) >= 11 is 0. The first kappa shape index (κ1) is 26.6. The number of rotatable bonds is 8. The van der Waals surface area contributed by atoms with E-state index in [1.807, 2.05) is 30.3 Å². The van der Waals surface area contributed by atoms with E-state index >= 15 is 0 Å². The molecule has 0 radical (unpaired) electrons. The second-order valence-corrected chi connectivity index (χ2v) is 10.5. The van der Waals surface area contributed by atoms with Crippen LogP contribution in [0.1, 0.15) is 5.56 Å². The number of hydrogen-bond donors (Lipinski definition) is 0. The van der Waals surface area contributed by atoms with Crippen LogP contribution in [0.15, 0.2) is 59.9 Å². The molecule has 0 bridgehead atoms. The fourth-order valence-electron chi connectivity index (χ4n) is 4.07. The highest BCUT2D eigenvalue weighted by Crippen LogP contribution is 2.29. The Morgan fingerprint density at radius 3 is 2.46 bits per heavy atom. The number of aryl methyl sites for hydroxylation is 1. The van der Waals surface area contributed by atoms with Gasteiger partial charge in [0.05, 0.1) is 30.1 Å². The topological polar surface area (TPSA) is 98.4 Å². The van der Waals surface area contributed by atoms with Gasteiger partial charge in [0.2, 0.25) is 10.0 Å². The molecule has 0 aliphatic carbocycles. The molecule has 0 unspecified atom stereocenters. The van der Waals surface area contributed by atoms with Crippen molar-refractivity contribution >= 4 is 28.1 Å². The Bertz CT molecular complexity index is 1260. The van der Waals surface area contributed by atoms with Crippen LogP contribution in [0, 0.1) is 11.3 Å². The lowest BCUT2D eigenvalue weighted by Gasteiger charge is -2.37. The second-order valence-electron chi connectivity index (χ2n) is 8.41. The van der Waals surface area contributed by atoms with Crippen LogP contribution in [0.4, 0.5) is 5.69 Å². The van der Waals surface area contributed by atoms with Crippen molar-refractivity contribution in [2.75, 3.05) is 51.2 Å². The standard InChI is InChI=1S/C24H29N7O2S.ClH/c1-28-19-22(18-27-28)34(32,33)29(2)12-13-30-14-16-31(17-15-30)23-4-3-11-26-24(23)21-7-5-20(6-8-21)9-10-25;/h3-8,11,18-19H,9,12-17H2,1-2H3;1H. The third kappa shape index (κ3) is 6.18. The van der Waals surface area contributed by atoms with Gasteiger partial charge in [0, 0.05) is 71.3 Å². The van der Waals surface area contributed by atoms with Crippen molar-refractivity contribution in [3.8, 4) is 17.3 Å². The second kappa shape index (κ2) is 11.6. The molecule has 9 nitrogen and oxygen atoms in total. The molecule has 1 aromatic carbocycles. The van der Waals surface area contributed by atoms with Crippen molar-refractivity contribution in [1.29, 1.82) is 5.26 Å². The first-order valence-corrected chi connectivity index (χ1v) is 12.7. The maximum absolute atomic E-state index is 12.7. The Morgan fingerprint density at radius 2 is 1.83 bits per heavy atom. The van der Waals surface area contributed by atoms with Gasteiger partial charge in [-0.1, -0.05) is 24.3 Å². The van der Waals surface area contributed by atoms with E-state index in [4.69, 9.17) is 5.26 Å². The molecule has 0 amide bonds. The number of nitriles is 1. The number of sulfonamides is 1. The third-order valence-electron chi connectivity index (χ3n) is 6.13. The molecule has 186 valence electrons. The van der Waals surface area contributed by atoms with Crippen molar-refractivity contribution in [2.45, 2.75) is 11.3 Å². The summed E-state index contributed by atoms with van der Waals surface area (Å²) < 4.78 is 28.3. The van der Waals surface area contributed by atoms with Crippen LogP contribution in [0.3, 0.4) is 0 Å². The normalized spacial score (nSPS) is 14.5. The quantitative estimate of drug-likeness (QED) is 0.454. The summed E-state index contributed by atoms with van der Waals surface area (Å²) in [5, 5.41) is 12.9. The van der Waals surface area contributed by atoms with Crippen molar-refractivity contribution in [2.24, 2.45) is 7.05 Å². The van der Waals surface area contributed by atoms with E-state index in [2.05, 4.69) is 32.0 Å². The van der Waals surface area contributed by atoms with E-state index in [1.165, 1.54) is 21.4 Å². The van der Waals surface area contributed by atoms with E-state index in [0.29, 0.717) is 19.5 Å². The molecule has 3 aromatic rings. The van der Waals surface area contributed by atoms with Gasteiger partial charge in [0.1, 0.15) is 4.90 Å². The molecular weight excluding hydrogens is 486 g/mol. The van der Waals surface area contributed by atoms with E-state index in [-0.39, 0.29) is 17.3 Å². The van der Waals surface area contributed by atoms with Gasteiger partial charge < -0.3 is 4.90 Å². The fourth-order valence-corrected chi connectivity index (χ4v) is 5.22. The van der Waals surface area contributed by atoms with Crippen molar-refractivity contribution in [3.05, 3.63) is 60.6 Å². The number of aromatic nitrogens is 3. The summed E-state index contributed by atoms with van der Waals surface area (Å²) in [6.45, 7) is 4.45. The highest BCUT2D eigenvalue weighted by atomic mass is 35.5. The van der Waals surface area contributed by atoms with Crippen LogP contribution in [-0.2, 0) is 23.5 Å². The number of piperazine rings is 1. The van der Waals surface area contributed by atoms with Crippen LogP contribution in [-0.4, -0.2) is 78.7 Å². The molecule has 1 aliphatic rings. The van der Waals surface area contributed by atoms with Crippen LogP contribution in [0.5, 0.6) is 0 Å². The number of anilines is 1. The van der Waals surface area contributed by atoms with Gasteiger partial charge in [-0.25, -0.2) is 8.42 Å². The molecular formula is C24H30ClN7O2S. The highest BCUT2D eigenvalue weighted by molar-refractivity contribution is 7.89. The van der Waals surface area contributed by atoms with Crippen LogP contribution in [0.25, 0.3) is 11.3 Å². The van der Waals surface area contributed by atoms with Crippen LogP contribution >= 0.6 is 12.4 Å². The van der Waals surface area contributed by atoms with E-state index < -0.39 is 10.0 Å². The highest BCUT2D eigenvalue weighted by Gasteiger charge is 2.24. The molecule has 0 N–H and O–H groups in total. The molecule has 4 rings (SSSR count). The van der Waals surface area contributed by atoms with E-state index in [0.717, 1.165) is 48.7 Å². The number of benzene rings is 1. The van der Waals surface area contributed by atoms with Crippen LogP contribution in [0.2, 0.25) is 0 Å². The van der Waals surface area contributed by atoms with E-state index in [1.54, 1.807) is 20.3 Å². The van der Waals surface area contributed by atoms with Crippen molar-refractivity contribution in [3.63, 3.8) is 0 Å². The molecule has 1 saturated heterocycles. The van der Waals surface area contributed by atoms with Gasteiger partial charge in [-0.2, -0.15) is 14.7 Å². The Labute approximate surface area is 213 Å². The Balaban J connectivity index is 0.00000342. The number of likely N-dealkylation sites (N-methyl/N-ethyl adjacent to an activating group) is 1. The lowest BCUT2D eigenvalue weighted by molar-refractivity contribution is 0.244. The molecule has 0 saturated carbocycles. The number of nitrogens with zero attached hydrogens (tertiary/aromatic N) is 7. The third-order valence-corrected chi connectivity index (χ3v) is 7.94. The molecule has 35 heavy (non-hydrogen) atoms. The zero-order valence-electron chi connectivity index (χ0n) is 19.9. The van der Waals surface area contributed by atoms with Gasteiger partial charge in [-0.3, -0.25) is 14.6 Å². The molecule has 1 aliphatic heterocycles. The van der Waals surface area contributed by atoms with Gasteiger partial charge in [-0.05, 0) is 17.7 Å². The predicted molar refractivity (Wildman–Crippen MR) is 138 cm³/mol. The number of pyridine rings is 1. The van der Waals surface area contributed by atoms with E-state index in [9.17, 15) is 8.42 Å². The fraction of sp³-hybridized carbons (Fsp3) is 0.375. The zero-order chi connectivity index (χ0) is 24.1. The SMILES string of the molecule is CN(CCN1CCN(c2cccnc2-c2ccc(CC#N)cc2)CC1)S(=O)(=O)c1cnn(C)c1.Cl. The maximum atomic E-state index is 12.7. The van der Waals surface area contributed by atoms with Gasteiger partial charge in [0.25, 0.3) is 0 Å². The average molecular weight is 516 g/mol. The Kier molecular flexibility index (Phi) is 8.86. The Hall–Kier alpha value is -2.97. The summed E-state index contributed by atoms with van der Waals surface area (Å²) in [6, 6.07) is 14.2. The molecule has 11 heteroatoms.